The van der Waals surface area contributed by atoms with Gasteiger partial charge in [-0.3, -0.25) is 14.2 Å². The molecule has 1 N–H and O–H groups in total. The third-order valence-corrected chi connectivity index (χ3v) is 4.69. The van der Waals surface area contributed by atoms with Gasteiger partial charge in [-0.05, 0) is 28.1 Å². The zero-order valence-corrected chi connectivity index (χ0v) is 17.2. The molecule has 0 fully saturated rings. The molecule has 0 saturated heterocycles. The van der Waals surface area contributed by atoms with Gasteiger partial charge in [-0.25, -0.2) is 9.07 Å². The van der Waals surface area contributed by atoms with Crippen molar-refractivity contribution in [2.45, 2.75) is 13.2 Å². The van der Waals surface area contributed by atoms with E-state index in [-0.39, 0.29) is 28.9 Å². The summed E-state index contributed by atoms with van der Waals surface area (Å²) in [6.07, 6.45) is 6.65. The molecule has 0 radical (unpaired) electrons. The monoisotopic (exact) mass is 477 g/mol. The van der Waals surface area contributed by atoms with Crippen LogP contribution in [0.15, 0.2) is 59.6 Å². The van der Waals surface area contributed by atoms with Crippen LogP contribution >= 0.6 is 27.5 Å². The van der Waals surface area contributed by atoms with Crippen molar-refractivity contribution in [2.24, 2.45) is 0 Å². The Morgan fingerprint density at radius 1 is 1.14 bits per heavy atom. The summed E-state index contributed by atoms with van der Waals surface area (Å²) in [6, 6.07) is 7.98. The van der Waals surface area contributed by atoms with Gasteiger partial charge < -0.3 is 5.32 Å². The van der Waals surface area contributed by atoms with E-state index >= 15 is 0 Å². The molecule has 1 aromatic carbocycles. The van der Waals surface area contributed by atoms with Crippen LogP contribution in [0.1, 0.15) is 16.1 Å². The predicted octanol–water partition coefficient (Wildman–Crippen LogP) is 3.64. The van der Waals surface area contributed by atoms with E-state index in [2.05, 4.69) is 36.5 Å². The fourth-order valence-electron chi connectivity index (χ4n) is 2.66. The Kier molecular flexibility index (Phi) is 5.45. The number of amides is 1. The van der Waals surface area contributed by atoms with Gasteiger partial charge >= 0.3 is 0 Å². The third-order valence-electron chi connectivity index (χ3n) is 4.00. The van der Waals surface area contributed by atoms with E-state index in [9.17, 15) is 9.18 Å². The lowest BCUT2D eigenvalue weighted by Crippen LogP contribution is -2.15. The number of rotatable bonds is 6. The fourth-order valence-corrected chi connectivity index (χ4v) is 3.19. The van der Waals surface area contributed by atoms with Crippen LogP contribution in [0, 0.1) is 5.82 Å². The molecular formula is C18H14BrClFN7O. The van der Waals surface area contributed by atoms with Crippen molar-refractivity contribution in [1.82, 2.24) is 29.3 Å². The zero-order chi connectivity index (χ0) is 20.4. The summed E-state index contributed by atoms with van der Waals surface area (Å²) in [5.74, 6) is -0.610. The number of anilines is 1. The highest BCUT2D eigenvalue weighted by Crippen LogP contribution is 2.21. The minimum Gasteiger partial charge on any atom is -0.302 e. The topological polar surface area (TPSA) is 82.6 Å². The second kappa shape index (κ2) is 8.18. The van der Waals surface area contributed by atoms with Gasteiger partial charge in [0.25, 0.3) is 5.91 Å². The summed E-state index contributed by atoms with van der Waals surface area (Å²) in [5.41, 5.74) is 0.671. The molecule has 0 aliphatic carbocycles. The Morgan fingerprint density at radius 2 is 1.97 bits per heavy atom. The van der Waals surface area contributed by atoms with Gasteiger partial charge in [0.05, 0.1) is 17.2 Å². The Morgan fingerprint density at radius 3 is 2.72 bits per heavy atom. The largest absolute Gasteiger partial charge is 0.302 e. The molecule has 0 unspecified atom stereocenters. The molecule has 0 aliphatic heterocycles. The Bertz CT molecular complexity index is 1170. The molecule has 0 atom stereocenters. The third kappa shape index (κ3) is 4.54. The molecule has 11 heteroatoms. The maximum Gasteiger partial charge on any atom is 0.277 e. The van der Waals surface area contributed by atoms with Crippen molar-refractivity contribution >= 4 is 39.3 Å². The molecule has 29 heavy (non-hydrogen) atoms. The first-order valence-electron chi connectivity index (χ1n) is 8.47. The summed E-state index contributed by atoms with van der Waals surface area (Å²) in [6.45, 7) is 0.549. The first-order chi connectivity index (χ1) is 14.0. The van der Waals surface area contributed by atoms with E-state index < -0.39 is 5.91 Å². The number of benzene rings is 1. The van der Waals surface area contributed by atoms with Gasteiger partial charge in [0, 0.05) is 24.2 Å². The fraction of sp³-hybridized carbons (Fsp3) is 0.111. The predicted molar refractivity (Wildman–Crippen MR) is 108 cm³/mol. The van der Waals surface area contributed by atoms with Crippen molar-refractivity contribution in [1.29, 1.82) is 0 Å². The number of carbonyl (C=O) groups excluding carboxylic acids is 1. The second-order valence-corrected chi connectivity index (χ2v) is 7.47. The Hall–Kier alpha value is -2.98. The minimum atomic E-state index is -0.455. The number of carbonyl (C=O) groups is 1. The van der Waals surface area contributed by atoms with Crippen molar-refractivity contribution in [2.75, 3.05) is 5.32 Å². The van der Waals surface area contributed by atoms with Crippen LogP contribution in [0.25, 0.3) is 0 Å². The van der Waals surface area contributed by atoms with Crippen molar-refractivity contribution in [3.05, 3.63) is 81.7 Å². The van der Waals surface area contributed by atoms with Gasteiger partial charge in [-0.15, -0.1) is 0 Å². The van der Waals surface area contributed by atoms with Crippen LogP contribution in [-0.2, 0) is 13.2 Å². The lowest BCUT2D eigenvalue weighted by molar-refractivity contribution is 0.102. The zero-order valence-electron chi connectivity index (χ0n) is 14.8. The van der Waals surface area contributed by atoms with Crippen LogP contribution in [0.4, 0.5) is 10.2 Å². The number of hydrogen-bond acceptors (Lipinski definition) is 4. The number of nitrogens with zero attached hydrogens (tertiary/aromatic N) is 6. The quantitative estimate of drug-likeness (QED) is 0.459. The lowest BCUT2D eigenvalue weighted by Gasteiger charge is -2.03. The molecule has 148 valence electrons. The smallest absolute Gasteiger partial charge is 0.277 e. The molecule has 3 heterocycles. The van der Waals surface area contributed by atoms with Crippen LogP contribution in [0.3, 0.4) is 0 Å². The standard InChI is InChI=1S/C18H14BrClFN7O/c19-13-7-22-28(9-13)11-26-6-5-16(24-26)18(29)23-17-14(20)10-27(25-17)8-12-3-1-2-4-15(12)21/h1-7,9-10H,8,11H2,(H,23,25,29). The summed E-state index contributed by atoms with van der Waals surface area (Å²) < 4.78 is 19.4. The molecule has 3 aromatic heterocycles. The van der Waals surface area contributed by atoms with Gasteiger partial charge in [0.2, 0.25) is 0 Å². The van der Waals surface area contributed by atoms with Crippen LogP contribution < -0.4 is 5.32 Å². The normalized spacial score (nSPS) is 11.0. The maximum absolute atomic E-state index is 13.8. The lowest BCUT2D eigenvalue weighted by atomic mass is 10.2. The number of aromatic nitrogens is 6. The second-order valence-electron chi connectivity index (χ2n) is 6.15. The van der Waals surface area contributed by atoms with E-state index in [1.807, 2.05) is 0 Å². The van der Waals surface area contributed by atoms with Crippen LogP contribution in [0.2, 0.25) is 5.02 Å². The highest BCUT2D eigenvalue weighted by Gasteiger charge is 2.15. The minimum absolute atomic E-state index is 0.179. The Labute approximate surface area is 178 Å². The molecule has 4 aromatic rings. The van der Waals surface area contributed by atoms with Crippen LogP contribution in [0.5, 0.6) is 0 Å². The molecule has 4 rings (SSSR count). The van der Waals surface area contributed by atoms with Gasteiger partial charge in [0.15, 0.2) is 11.5 Å². The molecule has 1 amide bonds. The van der Waals surface area contributed by atoms with E-state index in [0.29, 0.717) is 12.2 Å². The SMILES string of the molecule is O=C(Nc1nn(Cc2ccccc2F)cc1Cl)c1ccn(Cn2cc(Br)cn2)n1. The average Bonchev–Trinajstić information content (AvgIpc) is 3.39. The molecule has 0 aliphatic rings. The maximum atomic E-state index is 13.8. The summed E-state index contributed by atoms with van der Waals surface area (Å²) in [4.78, 5) is 12.5. The van der Waals surface area contributed by atoms with Crippen molar-refractivity contribution in [3.8, 4) is 0 Å². The van der Waals surface area contributed by atoms with Crippen molar-refractivity contribution < 1.29 is 9.18 Å². The summed E-state index contributed by atoms with van der Waals surface area (Å²) in [5, 5.41) is 15.5. The molecule has 0 saturated carbocycles. The molecule has 0 bridgehead atoms. The highest BCUT2D eigenvalue weighted by molar-refractivity contribution is 9.10. The van der Waals surface area contributed by atoms with E-state index in [1.165, 1.54) is 16.9 Å². The Balaban J connectivity index is 1.43. The number of hydrogen-bond donors (Lipinski definition) is 1. The van der Waals surface area contributed by atoms with Gasteiger partial charge in [0.1, 0.15) is 17.5 Å². The van der Waals surface area contributed by atoms with E-state index in [1.54, 1.807) is 52.2 Å². The van der Waals surface area contributed by atoms with Gasteiger partial charge in [-0.1, -0.05) is 29.8 Å². The van der Waals surface area contributed by atoms with E-state index in [4.69, 9.17) is 11.6 Å². The highest BCUT2D eigenvalue weighted by atomic mass is 79.9. The first kappa shape index (κ1) is 19.3. The molecule has 0 spiro atoms. The first-order valence-corrected chi connectivity index (χ1v) is 9.64. The summed E-state index contributed by atoms with van der Waals surface area (Å²) >= 11 is 9.49. The van der Waals surface area contributed by atoms with E-state index in [0.717, 1.165) is 4.47 Å². The van der Waals surface area contributed by atoms with Crippen LogP contribution in [-0.4, -0.2) is 35.2 Å². The average molecular weight is 479 g/mol. The number of nitrogens with one attached hydrogen (secondary N) is 1. The van der Waals surface area contributed by atoms with Crippen molar-refractivity contribution in [3.63, 3.8) is 0 Å². The van der Waals surface area contributed by atoms with Gasteiger partial charge in [-0.2, -0.15) is 15.3 Å². The summed E-state index contributed by atoms with van der Waals surface area (Å²) in [7, 11) is 0. The molecular weight excluding hydrogens is 465 g/mol. The molecule has 8 nitrogen and oxygen atoms in total. The number of halogens is 3.